The van der Waals surface area contributed by atoms with Crippen molar-refractivity contribution < 1.29 is 14.3 Å². The van der Waals surface area contributed by atoms with Crippen molar-refractivity contribution in [2.75, 3.05) is 25.6 Å². The Morgan fingerprint density at radius 1 is 1.07 bits per heavy atom. The summed E-state index contributed by atoms with van der Waals surface area (Å²) in [5, 5.41) is 0. The van der Waals surface area contributed by atoms with Gasteiger partial charge in [-0.05, 0) is 106 Å². The standard InChI is InChI=1S/C32H29I2N3O4S/c1-5-40-31(39)27-19(2)35-32-37(28(27)22-11-13-23(14-12-22)36(3)4)30(38)26(42-32)17-21-15-24(33)29(25(34)16-21)41-18-20-9-7-6-8-10-20/h6-17,28H,5,18H2,1-4H3/b26-17-. The van der Waals surface area contributed by atoms with Crippen molar-refractivity contribution in [2.45, 2.75) is 26.5 Å². The molecule has 1 aliphatic rings. The lowest BCUT2D eigenvalue weighted by molar-refractivity contribution is -0.139. The highest BCUT2D eigenvalue weighted by atomic mass is 127. The van der Waals surface area contributed by atoms with Gasteiger partial charge in [0, 0.05) is 19.8 Å². The van der Waals surface area contributed by atoms with E-state index < -0.39 is 12.0 Å². The van der Waals surface area contributed by atoms with Gasteiger partial charge in [-0.2, -0.15) is 0 Å². The fourth-order valence-corrected chi connectivity index (χ4v) is 7.92. The molecule has 0 saturated carbocycles. The molecule has 7 nitrogen and oxygen atoms in total. The summed E-state index contributed by atoms with van der Waals surface area (Å²) in [4.78, 5) is 34.4. The number of esters is 1. The molecule has 2 heterocycles. The number of benzene rings is 3. The summed E-state index contributed by atoms with van der Waals surface area (Å²) in [5.41, 5.74) is 4.53. The van der Waals surface area contributed by atoms with Crippen LogP contribution < -0.4 is 24.5 Å². The molecule has 216 valence electrons. The summed E-state index contributed by atoms with van der Waals surface area (Å²) >= 11 is 5.86. The highest BCUT2D eigenvalue weighted by molar-refractivity contribution is 14.1. The third kappa shape index (κ3) is 6.35. The Hall–Kier alpha value is -2.97. The molecule has 0 spiro atoms. The fraction of sp³-hybridized carbons (Fsp3) is 0.219. The predicted molar refractivity (Wildman–Crippen MR) is 184 cm³/mol. The molecule has 42 heavy (non-hydrogen) atoms. The number of fused-ring (bicyclic) bond motifs is 1. The van der Waals surface area contributed by atoms with Crippen molar-refractivity contribution in [3.63, 3.8) is 0 Å². The molecule has 3 aromatic carbocycles. The Morgan fingerprint density at radius 3 is 2.36 bits per heavy atom. The molecule has 0 radical (unpaired) electrons. The van der Waals surface area contributed by atoms with E-state index >= 15 is 0 Å². The topological polar surface area (TPSA) is 73.1 Å². The van der Waals surface area contributed by atoms with E-state index in [4.69, 9.17) is 9.47 Å². The second-order valence-electron chi connectivity index (χ2n) is 9.88. The van der Waals surface area contributed by atoms with Crippen molar-refractivity contribution in [1.29, 1.82) is 0 Å². The first-order valence-corrected chi connectivity index (χ1v) is 16.3. The van der Waals surface area contributed by atoms with E-state index in [1.807, 2.05) is 91.8 Å². The Balaban J connectivity index is 1.57. The normalized spacial score (nSPS) is 14.8. The first kappa shape index (κ1) is 30.5. The summed E-state index contributed by atoms with van der Waals surface area (Å²) in [6.45, 7) is 4.27. The smallest absolute Gasteiger partial charge is 0.338 e. The largest absolute Gasteiger partial charge is 0.487 e. The number of allylic oxidation sites excluding steroid dienone is 1. The van der Waals surface area contributed by atoms with Gasteiger partial charge in [0.25, 0.3) is 5.56 Å². The number of anilines is 1. The van der Waals surface area contributed by atoms with Crippen molar-refractivity contribution in [1.82, 2.24) is 4.57 Å². The zero-order chi connectivity index (χ0) is 30.0. The van der Waals surface area contributed by atoms with Crippen molar-refractivity contribution >= 4 is 74.3 Å². The third-order valence-electron chi connectivity index (χ3n) is 6.79. The van der Waals surface area contributed by atoms with Crippen LogP contribution in [0, 0.1) is 7.14 Å². The van der Waals surface area contributed by atoms with E-state index in [0.29, 0.717) is 27.2 Å². The summed E-state index contributed by atoms with van der Waals surface area (Å²) in [6, 6.07) is 21.3. The van der Waals surface area contributed by atoms with E-state index in [-0.39, 0.29) is 12.2 Å². The van der Waals surface area contributed by atoms with Crippen LogP contribution in [-0.4, -0.2) is 31.2 Å². The van der Waals surface area contributed by atoms with E-state index in [0.717, 1.165) is 35.3 Å². The molecular formula is C32H29I2N3O4S. The second kappa shape index (κ2) is 13.1. The maximum absolute atomic E-state index is 14.0. The van der Waals surface area contributed by atoms with Crippen LogP contribution in [0.25, 0.3) is 6.08 Å². The number of thiazole rings is 1. The zero-order valence-electron chi connectivity index (χ0n) is 23.6. The number of rotatable bonds is 8. The monoisotopic (exact) mass is 805 g/mol. The van der Waals surface area contributed by atoms with Crippen LogP contribution in [0.15, 0.2) is 87.8 Å². The van der Waals surface area contributed by atoms with Crippen molar-refractivity contribution in [3.05, 3.63) is 122 Å². The molecule has 4 aromatic rings. The van der Waals surface area contributed by atoms with Gasteiger partial charge in [-0.25, -0.2) is 9.79 Å². The summed E-state index contributed by atoms with van der Waals surface area (Å²) in [6.07, 6.45) is 1.88. The van der Waals surface area contributed by atoms with Crippen LogP contribution in [0.3, 0.4) is 0 Å². The number of carbonyl (C=O) groups is 1. The quantitative estimate of drug-likeness (QED) is 0.170. The third-order valence-corrected chi connectivity index (χ3v) is 9.37. The van der Waals surface area contributed by atoms with Crippen LogP contribution in [-0.2, 0) is 16.1 Å². The van der Waals surface area contributed by atoms with Gasteiger partial charge in [-0.3, -0.25) is 9.36 Å². The molecular weight excluding hydrogens is 776 g/mol. The van der Waals surface area contributed by atoms with Gasteiger partial charge in [0.15, 0.2) is 4.80 Å². The lowest BCUT2D eigenvalue weighted by Gasteiger charge is -2.25. The van der Waals surface area contributed by atoms with Crippen LogP contribution in [0.1, 0.15) is 36.6 Å². The molecule has 1 aliphatic heterocycles. The molecule has 10 heteroatoms. The summed E-state index contributed by atoms with van der Waals surface area (Å²) in [5.74, 6) is 0.347. The van der Waals surface area contributed by atoms with Gasteiger partial charge in [0.1, 0.15) is 12.4 Å². The number of halogens is 2. The van der Waals surface area contributed by atoms with Gasteiger partial charge in [0.05, 0.1) is 35.6 Å². The SMILES string of the molecule is CCOC(=O)C1=C(C)N=c2s/c(=C\c3cc(I)c(OCc4ccccc4)c(I)c3)c(=O)n2C1c1ccc(N(C)C)cc1. The molecule has 0 bridgehead atoms. The Labute approximate surface area is 275 Å². The lowest BCUT2D eigenvalue weighted by Crippen LogP contribution is -2.39. The minimum Gasteiger partial charge on any atom is -0.487 e. The van der Waals surface area contributed by atoms with E-state index in [9.17, 15) is 9.59 Å². The lowest BCUT2D eigenvalue weighted by atomic mass is 9.95. The second-order valence-corrected chi connectivity index (χ2v) is 13.2. The molecule has 1 unspecified atom stereocenters. The fourth-order valence-electron chi connectivity index (χ4n) is 4.74. The molecule has 1 aromatic heterocycles. The van der Waals surface area contributed by atoms with Gasteiger partial charge in [-0.1, -0.05) is 53.8 Å². The highest BCUT2D eigenvalue weighted by Crippen LogP contribution is 2.32. The maximum Gasteiger partial charge on any atom is 0.338 e. The molecule has 0 N–H and O–H groups in total. The average molecular weight is 805 g/mol. The first-order chi connectivity index (χ1) is 20.2. The van der Waals surface area contributed by atoms with Crippen molar-refractivity contribution in [3.8, 4) is 5.75 Å². The Bertz CT molecular complexity index is 1820. The number of carbonyl (C=O) groups excluding carboxylic acids is 1. The van der Waals surface area contributed by atoms with Crippen LogP contribution >= 0.6 is 56.5 Å². The number of hydrogen-bond donors (Lipinski definition) is 0. The molecule has 0 saturated heterocycles. The number of nitrogens with zero attached hydrogens (tertiary/aromatic N) is 3. The Morgan fingerprint density at radius 2 is 1.74 bits per heavy atom. The maximum atomic E-state index is 14.0. The number of hydrogen-bond acceptors (Lipinski definition) is 7. The van der Waals surface area contributed by atoms with Crippen molar-refractivity contribution in [2.24, 2.45) is 4.99 Å². The van der Waals surface area contributed by atoms with E-state index in [1.54, 1.807) is 18.4 Å². The highest BCUT2D eigenvalue weighted by Gasteiger charge is 2.33. The van der Waals surface area contributed by atoms with Crippen LogP contribution in [0.5, 0.6) is 5.75 Å². The molecule has 0 fully saturated rings. The van der Waals surface area contributed by atoms with Crippen LogP contribution in [0.2, 0.25) is 0 Å². The molecule has 0 aliphatic carbocycles. The van der Waals surface area contributed by atoms with E-state index in [2.05, 4.69) is 50.2 Å². The number of ether oxygens (including phenoxy) is 2. The Kier molecular flexibility index (Phi) is 9.53. The van der Waals surface area contributed by atoms with E-state index in [1.165, 1.54) is 11.3 Å². The van der Waals surface area contributed by atoms with Crippen LogP contribution in [0.4, 0.5) is 5.69 Å². The molecule has 1 atom stereocenters. The van der Waals surface area contributed by atoms with Gasteiger partial charge in [0.2, 0.25) is 0 Å². The van der Waals surface area contributed by atoms with Gasteiger partial charge >= 0.3 is 5.97 Å². The minimum atomic E-state index is -0.646. The predicted octanol–water partition coefficient (Wildman–Crippen LogP) is 5.65. The molecule has 5 rings (SSSR count). The zero-order valence-corrected chi connectivity index (χ0v) is 28.7. The van der Waals surface area contributed by atoms with Gasteiger partial charge < -0.3 is 14.4 Å². The minimum absolute atomic E-state index is 0.204. The number of aromatic nitrogens is 1. The summed E-state index contributed by atoms with van der Waals surface area (Å²) in [7, 11) is 3.94. The van der Waals surface area contributed by atoms with Gasteiger partial charge in [-0.15, -0.1) is 0 Å². The summed E-state index contributed by atoms with van der Waals surface area (Å²) < 4.78 is 15.6. The molecule has 0 amide bonds. The first-order valence-electron chi connectivity index (χ1n) is 13.3. The average Bonchev–Trinajstić information content (AvgIpc) is 3.26.